The number of carbonyl (C=O) groups excluding carboxylic acids is 2. The first-order chi connectivity index (χ1) is 7.61. The third kappa shape index (κ3) is 4.00. The molecule has 0 spiro atoms. The highest BCUT2D eigenvalue weighted by Gasteiger charge is 2.12. The Morgan fingerprint density at radius 3 is 2.38 bits per heavy atom. The molecule has 0 radical (unpaired) electrons. The van der Waals surface area contributed by atoms with E-state index in [-0.39, 0.29) is 6.61 Å². The zero-order chi connectivity index (χ0) is 12.0. The van der Waals surface area contributed by atoms with Crippen molar-refractivity contribution in [3.05, 3.63) is 24.3 Å². The van der Waals surface area contributed by atoms with Gasteiger partial charge in [0.1, 0.15) is 12.2 Å². The zero-order valence-electron chi connectivity index (χ0n) is 8.93. The summed E-state index contributed by atoms with van der Waals surface area (Å²) < 4.78 is 9.50. The van der Waals surface area contributed by atoms with Gasteiger partial charge < -0.3 is 15.2 Å². The number of nitrogens with two attached hydrogens (primary N) is 1. The predicted molar refractivity (Wildman–Crippen MR) is 57.7 cm³/mol. The second-order valence-electron chi connectivity index (χ2n) is 3.02. The van der Waals surface area contributed by atoms with Gasteiger partial charge >= 0.3 is 11.9 Å². The first-order valence-electron chi connectivity index (χ1n) is 4.83. The number of nitrogen functional groups attached to an aromatic ring is 1. The van der Waals surface area contributed by atoms with Crippen LogP contribution in [0.1, 0.15) is 13.3 Å². The second kappa shape index (κ2) is 5.75. The molecule has 0 unspecified atom stereocenters. The molecule has 5 nitrogen and oxygen atoms in total. The topological polar surface area (TPSA) is 78.6 Å². The molecule has 0 amide bonds. The van der Waals surface area contributed by atoms with Crippen molar-refractivity contribution in [2.24, 2.45) is 0 Å². The Morgan fingerprint density at radius 1 is 1.19 bits per heavy atom. The average molecular weight is 223 g/mol. The molecule has 0 aliphatic rings. The van der Waals surface area contributed by atoms with Crippen LogP contribution in [-0.2, 0) is 14.3 Å². The van der Waals surface area contributed by atoms with Crippen molar-refractivity contribution < 1.29 is 19.1 Å². The molecule has 1 rings (SSSR count). The van der Waals surface area contributed by atoms with Crippen LogP contribution in [0.3, 0.4) is 0 Å². The summed E-state index contributed by atoms with van der Waals surface area (Å²) in [7, 11) is 0. The van der Waals surface area contributed by atoms with Crippen molar-refractivity contribution in [3.63, 3.8) is 0 Å². The summed E-state index contributed by atoms with van der Waals surface area (Å²) in [5.74, 6) is -0.894. The molecule has 1 aromatic carbocycles. The maximum Gasteiger partial charge on any atom is 0.322 e. The molecule has 5 heteroatoms. The van der Waals surface area contributed by atoms with Crippen LogP contribution < -0.4 is 10.5 Å². The maximum atomic E-state index is 11.2. The van der Waals surface area contributed by atoms with Gasteiger partial charge in [0, 0.05) is 5.69 Å². The third-order valence-electron chi connectivity index (χ3n) is 1.71. The van der Waals surface area contributed by atoms with Crippen molar-refractivity contribution in [2.45, 2.75) is 13.3 Å². The van der Waals surface area contributed by atoms with Gasteiger partial charge in [-0.15, -0.1) is 0 Å². The first-order valence-corrected chi connectivity index (χ1v) is 4.83. The molecule has 0 aliphatic carbocycles. The Balaban J connectivity index is 2.45. The van der Waals surface area contributed by atoms with Crippen LogP contribution >= 0.6 is 0 Å². The number of carbonyl (C=O) groups is 2. The molecule has 0 saturated carbocycles. The van der Waals surface area contributed by atoms with E-state index in [1.54, 1.807) is 31.2 Å². The van der Waals surface area contributed by atoms with Gasteiger partial charge in [-0.05, 0) is 31.2 Å². The van der Waals surface area contributed by atoms with Crippen molar-refractivity contribution >= 4 is 17.6 Å². The molecule has 0 aromatic heterocycles. The Morgan fingerprint density at radius 2 is 1.81 bits per heavy atom. The van der Waals surface area contributed by atoms with Crippen LogP contribution in [0.2, 0.25) is 0 Å². The summed E-state index contributed by atoms with van der Waals surface area (Å²) in [5.41, 5.74) is 6.04. The smallest absolute Gasteiger partial charge is 0.322 e. The molecule has 0 heterocycles. The van der Waals surface area contributed by atoms with Gasteiger partial charge in [-0.3, -0.25) is 9.59 Å². The van der Waals surface area contributed by atoms with E-state index < -0.39 is 18.4 Å². The lowest BCUT2D eigenvalue weighted by Crippen LogP contribution is -2.15. The van der Waals surface area contributed by atoms with E-state index in [2.05, 4.69) is 4.74 Å². The summed E-state index contributed by atoms with van der Waals surface area (Å²) in [6.45, 7) is 1.91. The van der Waals surface area contributed by atoms with Crippen molar-refractivity contribution in [1.82, 2.24) is 0 Å². The number of hydrogen-bond donors (Lipinski definition) is 1. The van der Waals surface area contributed by atoms with Crippen molar-refractivity contribution in [3.8, 4) is 5.75 Å². The Labute approximate surface area is 93.1 Å². The van der Waals surface area contributed by atoms with E-state index >= 15 is 0 Å². The number of anilines is 1. The van der Waals surface area contributed by atoms with E-state index in [1.807, 2.05) is 0 Å². The van der Waals surface area contributed by atoms with E-state index in [1.165, 1.54) is 0 Å². The molecule has 0 atom stereocenters. The van der Waals surface area contributed by atoms with Gasteiger partial charge in [0.05, 0.1) is 6.61 Å². The van der Waals surface area contributed by atoms with Crippen LogP contribution in [0, 0.1) is 0 Å². The average Bonchev–Trinajstić information content (AvgIpc) is 2.21. The van der Waals surface area contributed by atoms with Crippen LogP contribution in [0.15, 0.2) is 24.3 Å². The molecule has 1 aromatic rings. The molecule has 2 N–H and O–H groups in total. The molecule has 0 fully saturated rings. The van der Waals surface area contributed by atoms with Gasteiger partial charge in [-0.1, -0.05) is 0 Å². The number of ether oxygens (including phenoxy) is 2. The maximum absolute atomic E-state index is 11.2. The molecule has 0 saturated heterocycles. The van der Waals surface area contributed by atoms with Crippen LogP contribution in [0.4, 0.5) is 5.69 Å². The lowest BCUT2D eigenvalue weighted by molar-refractivity contribution is -0.149. The molecule has 0 aliphatic heterocycles. The van der Waals surface area contributed by atoms with Gasteiger partial charge in [0.2, 0.25) is 0 Å². The quantitative estimate of drug-likeness (QED) is 0.358. The fourth-order valence-electron chi connectivity index (χ4n) is 1.03. The first kappa shape index (κ1) is 12.0. The minimum absolute atomic E-state index is 0.244. The van der Waals surface area contributed by atoms with Gasteiger partial charge in [-0.25, -0.2) is 0 Å². The van der Waals surface area contributed by atoms with E-state index in [9.17, 15) is 9.59 Å². The summed E-state index contributed by atoms with van der Waals surface area (Å²) in [4.78, 5) is 22.2. The minimum atomic E-state index is -0.650. The lowest BCUT2D eigenvalue weighted by atomic mass is 10.3. The highest BCUT2D eigenvalue weighted by atomic mass is 16.6. The zero-order valence-corrected chi connectivity index (χ0v) is 8.93. The van der Waals surface area contributed by atoms with Crippen molar-refractivity contribution in [2.75, 3.05) is 12.3 Å². The third-order valence-corrected chi connectivity index (χ3v) is 1.71. The largest absolute Gasteiger partial charge is 0.466 e. The fraction of sp³-hybridized carbons (Fsp3) is 0.273. The molecular weight excluding hydrogens is 210 g/mol. The fourth-order valence-corrected chi connectivity index (χ4v) is 1.03. The number of hydrogen-bond acceptors (Lipinski definition) is 5. The summed E-state index contributed by atoms with van der Waals surface area (Å²) in [6.07, 6.45) is -0.391. The van der Waals surface area contributed by atoms with Gasteiger partial charge in [-0.2, -0.15) is 0 Å². The highest BCUT2D eigenvalue weighted by molar-refractivity contribution is 5.92. The number of benzene rings is 1. The minimum Gasteiger partial charge on any atom is -0.466 e. The van der Waals surface area contributed by atoms with E-state index in [0.29, 0.717) is 11.4 Å². The Bertz CT molecular complexity index is 372. The van der Waals surface area contributed by atoms with Crippen LogP contribution in [0.5, 0.6) is 5.75 Å². The molecule has 16 heavy (non-hydrogen) atoms. The van der Waals surface area contributed by atoms with Crippen molar-refractivity contribution in [1.29, 1.82) is 0 Å². The predicted octanol–water partition coefficient (Wildman–Crippen LogP) is 1.13. The number of esters is 2. The SMILES string of the molecule is CCOC(=O)CC(=O)Oc1ccc(N)cc1. The summed E-state index contributed by atoms with van der Waals surface area (Å²) >= 11 is 0. The van der Waals surface area contributed by atoms with Crippen LogP contribution in [0.25, 0.3) is 0 Å². The monoisotopic (exact) mass is 223 g/mol. The lowest BCUT2D eigenvalue weighted by Gasteiger charge is -2.04. The summed E-state index contributed by atoms with van der Waals surface area (Å²) in [5, 5.41) is 0. The molecular formula is C11H13NO4. The Kier molecular flexibility index (Phi) is 4.32. The van der Waals surface area contributed by atoms with E-state index in [4.69, 9.17) is 10.5 Å². The normalized spacial score (nSPS) is 9.56. The second-order valence-corrected chi connectivity index (χ2v) is 3.02. The molecule has 0 bridgehead atoms. The Hall–Kier alpha value is -2.04. The standard InChI is InChI=1S/C11H13NO4/c1-2-15-10(13)7-11(14)16-9-5-3-8(12)4-6-9/h3-6H,2,7,12H2,1H3. The van der Waals surface area contributed by atoms with Crippen LogP contribution in [-0.4, -0.2) is 18.5 Å². The van der Waals surface area contributed by atoms with Gasteiger partial charge in [0.25, 0.3) is 0 Å². The van der Waals surface area contributed by atoms with E-state index in [0.717, 1.165) is 0 Å². The van der Waals surface area contributed by atoms with Gasteiger partial charge in [0.15, 0.2) is 0 Å². The summed E-state index contributed by atoms with van der Waals surface area (Å²) in [6, 6.07) is 6.32. The molecule has 86 valence electrons. The highest BCUT2D eigenvalue weighted by Crippen LogP contribution is 2.13. The number of rotatable bonds is 4.